The summed E-state index contributed by atoms with van der Waals surface area (Å²) in [6.45, 7) is 12.1. The smallest absolute Gasteiger partial charge is 0.261 e. The third kappa shape index (κ3) is 7.62. The summed E-state index contributed by atoms with van der Waals surface area (Å²) in [5.41, 5.74) is 1.06. The monoisotopic (exact) mass is 564 g/mol. The van der Waals surface area contributed by atoms with Crippen molar-refractivity contribution in [3.63, 3.8) is 0 Å². The molecule has 0 aliphatic rings. The van der Waals surface area contributed by atoms with Crippen molar-refractivity contribution >= 4 is 18.7 Å². The van der Waals surface area contributed by atoms with Crippen molar-refractivity contribution in [3.05, 3.63) is 90.5 Å². The fourth-order valence-corrected chi connectivity index (χ4v) is 10.3. The molecule has 4 atom stereocenters. The molecule has 0 fully saturated rings. The summed E-state index contributed by atoms with van der Waals surface area (Å²) in [6.07, 6.45) is 0.459. The van der Waals surface area contributed by atoms with E-state index in [4.69, 9.17) is 18.6 Å². The van der Waals surface area contributed by atoms with E-state index in [2.05, 4.69) is 88.4 Å². The Bertz CT molecular complexity index is 1080. The Hall–Kier alpha value is -2.48. The van der Waals surface area contributed by atoms with Crippen molar-refractivity contribution < 1.29 is 23.7 Å². The third-order valence-electron chi connectivity index (χ3n) is 8.00. The minimum Gasteiger partial charge on any atom is -0.497 e. The lowest BCUT2D eigenvalue weighted by atomic mass is 9.88. The minimum absolute atomic E-state index is 0.0384. The van der Waals surface area contributed by atoms with E-state index in [9.17, 15) is 5.11 Å². The standard InChI is InChI=1S/C34H48O5Si/c1-26(24-35)33(38-25-28-18-20-29(36-6)21-19-28)27(2)32(37-7)22-23-39-40(34(3,4)5,30-14-10-8-11-15-30)31-16-12-9-13-17-31/h8-21,26-27,32-33,35H,22-25H2,1-7H3/t26-,27-,32-,33-/m1/s1. The van der Waals surface area contributed by atoms with Crippen LogP contribution in [0, 0.1) is 11.8 Å². The quantitative estimate of drug-likeness (QED) is 0.236. The van der Waals surface area contributed by atoms with Gasteiger partial charge in [0.15, 0.2) is 0 Å². The van der Waals surface area contributed by atoms with Crippen LogP contribution < -0.4 is 15.1 Å². The van der Waals surface area contributed by atoms with E-state index in [1.54, 1.807) is 14.2 Å². The van der Waals surface area contributed by atoms with Gasteiger partial charge in [0.2, 0.25) is 0 Å². The summed E-state index contributed by atoms with van der Waals surface area (Å²) >= 11 is 0. The summed E-state index contributed by atoms with van der Waals surface area (Å²) in [4.78, 5) is 0. The molecule has 40 heavy (non-hydrogen) atoms. The second-order valence-electron chi connectivity index (χ2n) is 11.7. The Morgan fingerprint density at radius 2 is 1.35 bits per heavy atom. The maximum atomic E-state index is 10.0. The summed E-state index contributed by atoms with van der Waals surface area (Å²) in [5, 5.41) is 12.5. The molecular weight excluding hydrogens is 516 g/mol. The molecule has 3 aromatic rings. The highest BCUT2D eigenvalue weighted by Crippen LogP contribution is 2.37. The molecule has 218 valence electrons. The summed E-state index contributed by atoms with van der Waals surface area (Å²) < 4.78 is 24.9. The highest BCUT2D eigenvalue weighted by molar-refractivity contribution is 6.99. The molecular formula is C34H48O5Si. The van der Waals surface area contributed by atoms with Gasteiger partial charge in [0.1, 0.15) is 5.75 Å². The van der Waals surface area contributed by atoms with Crippen LogP contribution in [0.3, 0.4) is 0 Å². The Kier molecular flexibility index (Phi) is 12.0. The van der Waals surface area contributed by atoms with Crippen molar-refractivity contribution in [2.75, 3.05) is 27.4 Å². The van der Waals surface area contributed by atoms with Gasteiger partial charge < -0.3 is 23.7 Å². The number of methoxy groups -OCH3 is 2. The zero-order valence-corrected chi connectivity index (χ0v) is 26.3. The second kappa shape index (κ2) is 14.9. The van der Waals surface area contributed by atoms with E-state index < -0.39 is 8.32 Å². The predicted molar refractivity (Wildman–Crippen MR) is 166 cm³/mol. The van der Waals surface area contributed by atoms with Gasteiger partial charge in [0.05, 0.1) is 25.9 Å². The van der Waals surface area contributed by atoms with Crippen LogP contribution in [-0.4, -0.2) is 53.1 Å². The van der Waals surface area contributed by atoms with Crippen LogP contribution in [0.1, 0.15) is 46.6 Å². The fraction of sp³-hybridized carbons (Fsp3) is 0.471. The van der Waals surface area contributed by atoms with Crippen LogP contribution in [0.25, 0.3) is 0 Å². The molecule has 3 aromatic carbocycles. The molecule has 0 amide bonds. The zero-order valence-electron chi connectivity index (χ0n) is 25.3. The van der Waals surface area contributed by atoms with Crippen LogP contribution >= 0.6 is 0 Å². The number of benzene rings is 3. The minimum atomic E-state index is -2.62. The lowest BCUT2D eigenvalue weighted by molar-refractivity contribution is -0.0868. The van der Waals surface area contributed by atoms with E-state index in [-0.39, 0.29) is 35.7 Å². The first-order chi connectivity index (χ1) is 19.2. The van der Waals surface area contributed by atoms with E-state index in [0.29, 0.717) is 13.2 Å². The van der Waals surface area contributed by atoms with E-state index >= 15 is 0 Å². The molecule has 0 bridgehead atoms. The van der Waals surface area contributed by atoms with Gasteiger partial charge in [0, 0.05) is 32.2 Å². The van der Waals surface area contributed by atoms with Gasteiger partial charge in [-0.3, -0.25) is 0 Å². The van der Waals surface area contributed by atoms with E-state index in [1.165, 1.54) is 10.4 Å². The molecule has 0 aliphatic heterocycles. The molecule has 0 unspecified atom stereocenters. The molecule has 0 spiro atoms. The van der Waals surface area contributed by atoms with Crippen LogP contribution in [0.15, 0.2) is 84.9 Å². The number of aliphatic hydroxyl groups is 1. The summed E-state index contributed by atoms with van der Waals surface area (Å²) in [6, 6.07) is 29.3. The average Bonchev–Trinajstić information content (AvgIpc) is 2.97. The van der Waals surface area contributed by atoms with Crippen LogP contribution in [0.4, 0.5) is 0 Å². The molecule has 0 saturated carbocycles. The molecule has 3 rings (SSSR count). The molecule has 0 aliphatic carbocycles. The van der Waals surface area contributed by atoms with Crippen molar-refractivity contribution in [2.24, 2.45) is 11.8 Å². The summed E-state index contributed by atoms with van der Waals surface area (Å²) in [7, 11) is 0.795. The Balaban J connectivity index is 1.79. The first-order valence-corrected chi connectivity index (χ1v) is 16.2. The molecule has 0 aromatic heterocycles. The number of ether oxygens (including phenoxy) is 3. The molecule has 0 radical (unpaired) electrons. The fourth-order valence-electron chi connectivity index (χ4n) is 5.75. The lowest BCUT2D eigenvalue weighted by Gasteiger charge is -2.43. The number of hydrogen-bond acceptors (Lipinski definition) is 5. The Morgan fingerprint density at radius 1 is 0.800 bits per heavy atom. The maximum absolute atomic E-state index is 10.0. The van der Waals surface area contributed by atoms with Crippen molar-refractivity contribution in [2.45, 2.75) is 64.9 Å². The first kappa shape index (κ1) is 32.0. The van der Waals surface area contributed by atoms with Gasteiger partial charge in [-0.1, -0.05) is 107 Å². The lowest BCUT2D eigenvalue weighted by Crippen LogP contribution is -2.66. The number of hydrogen-bond donors (Lipinski definition) is 1. The van der Waals surface area contributed by atoms with Gasteiger partial charge in [-0.25, -0.2) is 0 Å². The van der Waals surface area contributed by atoms with Crippen LogP contribution in [-0.2, 0) is 20.5 Å². The average molecular weight is 565 g/mol. The SMILES string of the molecule is COc1ccc(CO[C@@H]([C@H](C)[C@@H](CCO[Si](c2ccccc2)(c2ccccc2)C(C)(C)C)OC)[C@H](C)CO)cc1. The highest BCUT2D eigenvalue weighted by Gasteiger charge is 2.50. The molecule has 5 nitrogen and oxygen atoms in total. The second-order valence-corrected chi connectivity index (χ2v) is 16.0. The van der Waals surface area contributed by atoms with E-state index in [0.717, 1.165) is 17.7 Å². The molecule has 6 heteroatoms. The maximum Gasteiger partial charge on any atom is 0.261 e. The molecule has 0 saturated heterocycles. The summed E-state index contributed by atoms with van der Waals surface area (Å²) in [5.74, 6) is 0.828. The largest absolute Gasteiger partial charge is 0.497 e. The van der Waals surface area contributed by atoms with Crippen LogP contribution in [0.5, 0.6) is 5.75 Å². The van der Waals surface area contributed by atoms with E-state index in [1.807, 2.05) is 31.2 Å². The van der Waals surface area contributed by atoms with Crippen molar-refractivity contribution in [3.8, 4) is 5.75 Å². The number of rotatable bonds is 15. The zero-order chi connectivity index (χ0) is 29.2. The Labute approximate surface area is 242 Å². The molecule has 0 heterocycles. The van der Waals surface area contributed by atoms with Crippen LogP contribution in [0.2, 0.25) is 5.04 Å². The van der Waals surface area contributed by atoms with Gasteiger partial charge in [0.25, 0.3) is 8.32 Å². The van der Waals surface area contributed by atoms with Crippen molar-refractivity contribution in [1.82, 2.24) is 0 Å². The van der Waals surface area contributed by atoms with Gasteiger partial charge >= 0.3 is 0 Å². The van der Waals surface area contributed by atoms with Gasteiger partial charge in [-0.2, -0.15) is 0 Å². The van der Waals surface area contributed by atoms with Gasteiger partial charge in [-0.05, 0) is 39.5 Å². The van der Waals surface area contributed by atoms with Crippen molar-refractivity contribution in [1.29, 1.82) is 0 Å². The molecule has 1 N–H and O–H groups in total. The predicted octanol–water partition coefficient (Wildman–Crippen LogP) is 5.83. The Morgan fingerprint density at radius 3 is 1.80 bits per heavy atom. The number of aliphatic hydroxyl groups excluding tert-OH is 1. The third-order valence-corrected chi connectivity index (χ3v) is 13.0. The highest BCUT2D eigenvalue weighted by atomic mass is 28.4. The topological polar surface area (TPSA) is 57.2 Å². The van der Waals surface area contributed by atoms with Gasteiger partial charge in [-0.15, -0.1) is 0 Å². The normalized spacial score (nSPS) is 15.3. The first-order valence-electron chi connectivity index (χ1n) is 14.3.